The van der Waals surface area contributed by atoms with Crippen LogP contribution in [0.4, 0.5) is 0 Å². The lowest BCUT2D eigenvalue weighted by molar-refractivity contribution is 0.103. The second-order valence-corrected chi connectivity index (χ2v) is 6.74. The molecule has 0 aliphatic rings. The van der Waals surface area contributed by atoms with Crippen molar-refractivity contribution in [3.8, 4) is 17.2 Å². The molecule has 146 valence electrons. The van der Waals surface area contributed by atoms with Gasteiger partial charge in [-0.15, -0.1) is 0 Å². The Bertz CT molecular complexity index is 1010. The van der Waals surface area contributed by atoms with Crippen LogP contribution in [-0.2, 0) is 0 Å². The first-order chi connectivity index (χ1) is 13.5. The van der Waals surface area contributed by atoms with Crippen molar-refractivity contribution in [1.82, 2.24) is 4.98 Å². The normalized spacial score (nSPS) is 11.9. The molecule has 0 amide bonds. The van der Waals surface area contributed by atoms with Crippen molar-refractivity contribution >= 4 is 16.6 Å². The highest BCUT2D eigenvalue weighted by Gasteiger charge is 2.18. The van der Waals surface area contributed by atoms with Crippen LogP contribution in [0.15, 0.2) is 42.6 Å². The minimum atomic E-state index is -0.160. The lowest BCUT2D eigenvalue weighted by Crippen LogP contribution is -2.11. The molecular formula is C23H25NO4. The van der Waals surface area contributed by atoms with E-state index >= 15 is 0 Å². The Hall–Kier alpha value is -3.08. The highest BCUT2D eigenvalue weighted by molar-refractivity contribution is 6.15. The maximum absolute atomic E-state index is 13.2. The highest BCUT2D eigenvalue weighted by atomic mass is 16.5. The fourth-order valence-corrected chi connectivity index (χ4v) is 3.05. The van der Waals surface area contributed by atoms with Gasteiger partial charge in [0.05, 0.1) is 20.3 Å². The van der Waals surface area contributed by atoms with Crippen molar-refractivity contribution in [2.45, 2.75) is 33.3 Å². The van der Waals surface area contributed by atoms with Crippen molar-refractivity contribution < 1.29 is 19.0 Å². The number of hydrogen-bond acceptors (Lipinski definition) is 5. The number of nitrogens with zero attached hydrogens (tertiary/aromatic N) is 1. The standard InChI is InChI=1S/C23H25NO4/c1-6-15(3)28-17-9-7-8-16(10-17)23(25)22-19-12-21(27-5)20(26-4)11-18(19)14(2)13-24-22/h7-13,15H,6H2,1-5H3. The molecule has 1 atom stereocenters. The third kappa shape index (κ3) is 3.79. The fourth-order valence-electron chi connectivity index (χ4n) is 3.05. The lowest BCUT2D eigenvalue weighted by atomic mass is 9.99. The number of benzene rings is 2. The van der Waals surface area contributed by atoms with Gasteiger partial charge in [-0.25, -0.2) is 0 Å². The number of pyridine rings is 1. The number of ether oxygens (including phenoxy) is 3. The minimum absolute atomic E-state index is 0.0837. The molecule has 0 fully saturated rings. The summed E-state index contributed by atoms with van der Waals surface area (Å²) < 4.78 is 16.7. The first-order valence-electron chi connectivity index (χ1n) is 9.31. The van der Waals surface area contributed by atoms with Crippen LogP contribution in [0.25, 0.3) is 10.8 Å². The molecule has 0 N–H and O–H groups in total. The summed E-state index contributed by atoms with van der Waals surface area (Å²) in [5.41, 5.74) is 1.87. The van der Waals surface area contributed by atoms with Gasteiger partial charge in [0, 0.05) is 17.1 Å². The van der Waals surface area contributed by atoms with Crippen LogP contribution in [0.2, 0.25) is 0 Å². The summed E-state index contributed by atoms with van der Waals surface area (Å²) in [5.74, 6) is 1.69. The SMILES string of the molecule is CCC(C)Oc1cccc(C(=O)c2ncc(C)c3cc(OC)c(OC)cc23)c1. The third-order valence-electron chi connectivity index (χ3n) is 4.81. The summed E-state index contributed by atoms with van der Waals surface area (Å²) in [6.45, 7) is 6.02. The summed E-state index contributed by atoms with van der Waals surface area (Å²) in [4.78, 5) is 17.7. The second kappa shape index (κ2) is 8.30. The van der Waals surface area contributed by atoms with Gasteiger partial charge >= 0.3 is 0 Å². The van der Waals surface area contributed by atoms with E-state index in [0.717, 1.165) is 22.8 Å². The Morgan fingerprint density at radius 1 is 1.07 bits per heavy atom. The predicted octanol–water partition coefficient (Wildman–Crippen LogP) is 4.97. The summed E-state index contributed by atoms with van der Waals surface area (Å²) in [6, 6.07) is 10.9. The maximum atomic E-state index is 13.2. The molecule has 0 saturated heterocycles. The van der Waals surface area contributed by atoms with Gasteiger partial charge in [0.1, 0.15) is 11.4 Å². The molecule has 1 heterocycles. The predicted molar refractivity (Wildman–Crippen MR) is 110 cm³/mol. The van der Waals surface area contributed by atoms with Crippen LogP contribution in [0.5, 0.6) is 17.2 Å². The van der Waals surface area contributed by atoms with Crippen molar-refractivity contribution in [2.75, 3.05) is 14.2 Å². The van der Waals surface area contributed by atoms with Crippen molar-refractivity contribution in [2.24, 2.45) is 0 Å². The molecule has 0 aliphatic heterocycles. The molecule has 1 aromatic heterocycles. The Labute approximate surface area is 165 Å². The minimum Gasteiger partial charge on any atom is -0.493 e. The average molecular weight is 379 g/mol. The monoisotopic (exact) mass is 379 g/mol. The molecule has 2 aromatic carbocycles. The fraction of sp³-hybridized carbons (Fsp3) is 0.304. The number of aromatic nitrogens is 1. The van der Waals surface area contributed by atoms with E-state index in [1.54, 1.807) is 38.6 Å². The zero-order valence-corrected chi connectivity index (χ0v) is 16.9. The van der Waals surface area contributed by atoms with Crippen LogP contribution in [0.3, 0.4) is 0 Å². The summed E-state index contributed by atoms with van der Waals surface area (Å²) >= 11 is 0. The molecule has 3 aromatic rings. The van der Waals surface area contributed by atoms with Gasteiger partial charge < -0.3 is 14.2 Å². The van der Waals surface area contributed by atoms with E-state index in [1.807, 2.05) is 32.0 Å². The van der Waals surface area contributed by atoms with Gasteiger partial charge in [-0.05, 0) is 55.5 Å². The number of carbonyl (C=O) groups excluding carboxylic acids is 1. The van der Waals surface area contributed by atoms with Gasteiger partial charge in [-0.1, -0.05) is 19.1 Å². The number of aryl methyl sites for hydroxylation is 1. The lowest BCUT2D eigenvalue weighted by Gasteiger charge is -2.14. The molecule has 3 rings (SSSR count). The largest absolute Gasteiger partial charge is 0.493 e. The summed E-state index contributed by atoms with van der Waals surface area (Å²) in [5, 5.41) is 1.64. The summed E-state index contributed by atoms with van der Waals surface area (Å²) in [7, 11) is 3.17. The van der Waals surface area contributed by atoms with Crippen LogP contribution in [-0.4, -0.2) is 31.1 Å². The maximum Gasteiger partial charge on any atom is 0.212 e. The molecule has 0 aliphatic carbocycles. The molecule has 0 spiro atoms. The molecule has 5 heteroatoms. The molecule has 1 unspecified atom stereocenters. The number of fused-ring (bicyclic) bond motifs is 1. The van der Waals surface area contributed by atoms with Crippen LogP contribution < -0.4 is 14.2 Å². The number of ketones is 1. The van der Waals surface area contributed by atoms with Crippen LogP contribution in [0, 0.1) is 6.92 Å². The Morgan fingerprint density at radius 3 is 2.39 bits per heavy atom. The van der Waals surface area contributed by atoms with E-state index in [4.69, 9.17) is 14.2 Å². The van der Waals surface area contributed by atoms with E-state index in [2.05, 4.69) is 11.9 Å². The van der Waals surface area contributed by atoms with Crippen LogP contribution in [0.1, 0.15) is 41.9 Å². The van der Waals surface area contributed by atoms with E-state index in [1.165, 1.54) is 0 Å². The average Bonchev–Trinajstić information content (AvgIpc) is 2.72. The van der Waals surface area contributed by atoms with E-state index in [-0.39, 0.29) is 11.9 Å². The first kappa shape index (κ1) is 19.7. The van der Waals surface area contributed by atoms with Gasteiger partial charge in [0.25, 0.3) is 0 Å². The third-order valence-corrected chi connectivity index (χ3v) is 4.81. The van der Waals surface area contributed by atoms with Crippen molar-refractivity contribution in [3.63, 3.8) is 0 Å². The van der Waals surface area contributed by atoms with E-state index < -0.39 is 0 Å². The smallest absolute Gasteiger partial charge is 0.212 e. The molecule has 28 heavy (non-hydrogen) atoms. The zero-order valence-electron chi connectivity index (χ0n) is 16.9. The second-order valence-electron chi connectivity index (χ2n) is 6.74. The Balaban J connectivity index is 2.09. The van der Waals surface area contributed by atoms with Crippen LogP contribution >= 0.6 is 0 Å². The quantitative estimate of drug-likeness (QED) is 0.543. The molecule has 0 bridgehead atoms. The first-order valence-corrected chi connectivity index (χ1v) is 9.31. The Morgan fingerprint density at radius 2 is 1.75 bits per heavy atom. The van der Waals surface area contributed by atoms with Crippen molar-refractivity contribution in [1.29, 1.82) is 0 Å². The van der Waals surface area contributed by atoms with Gasteiger partial charge in [-0.3, -0.25) is 9.78 Å². The number of methoxy groups -OCH3 is 2. The van der Waals surface area contributed by atoms with Gasteiger partial charge in [0.15, 0.2) is 11.5 Å². The zero-order chi connectivity index (χ0) is 20.3. The number of hydrogen-bond donors (Lipinski definition) is 0. The molecule has 5 nitrogen and oxygen atoms in total. The highest BCUT2D eigenvalue weighted by Crippen LogP contribution is 2.35. The van der Waals surface area contributed by atoms with E-state index in [9.17, 15) is 4.79 Å². The Kier molecular flexibility index (Phi) is 5.83. The topological polar surface area (TPSA) is 57.7 Å². The van der Waals surface area contributed by atoms with Gasteiger partial charge in [0.2, 0.25) is 5.78 Å². The van der Waals surface area contributed by atoms with E-state index in [0.29, 0.717) is 28.5 Å². The van der Waals surface area contributed by atoms with Crippen molar-refractivity contribution in [3.05, 3.63) is 59.4 Å². The number of carbonyl (C=O) groups is 1. The van der Waals surface area contributed by atoms with Gasteiger partial charge in [-0.2, -0.15) is 0 Å². The molecule has 0 radical (unpaired) electrons. The molecular weight excluding hydrogens is 354 g/mol. The summed E-state index contributed by atoms with van der Waals surface area (Å²) in [6.07, 6.45) is 2.69. The number of rotatable bonds is 7. The molecule has 0 saturated carbocycles.